The van der Waals surface area contributed by atoms with Crippen LogP contribution in [0.2, 0.25) is 0 Å². The van der Waals surface area contributed by atoms with Crippen LogP contribution in [0, 0.1) is 12.7 Å². The summed E-state index contributed by atoms with van der Waals surface area (Å²) < 4.78 is 52.9. The van der Waals surface area contributed by atoms with E-state index >= 15 is 0 Å². The van der Waals surface area contributed by atoms with Crippen LogP contribution in [0.5, 0.6) is 0 Å². The number of halogens is 4. The first-order chi connectivity index (χ1) is 14.1. The van der Waals surface area contributed by atoms with Crippen molar-refractivity contribution in [2.24, 2.45) is 0 Å². The summed E-state index contributed by atoms with van der Waals surface area (Å²) in [6.45, 7) is 0.806. The summed E-state index contributed by atoms with van der Waals surface area (Å²) in [7, 11) is 0. The first-order valence-corrected chi connectivity index (χ1v) is 8.59. The van der Waals surface area contributed by atoms with Gasteiger partial charge in [0, 0.05) is 5.69 Å². The number of anilines is 1. The van der Waals surface area contributed by atoms with Crippen LogP contribution >= 0.6 is 0 Å². The Hall–Kier alpha value is -3.69. The van der Waals surface area contributed by atoms with Gasteiger partial charge in [0.05, 0.1) is 28.7 Å². The molecule has 0 aliphatic rings. The van der Waals surface area contributed by atoms with Crippen molar-refractivity contribution in [3.8, 4) is 5.69 Å². The third-order valence-corrected chi connectivity index (χ3v) is 4.36. The molecular weight excluding hydrogens is 406 g/mol. The van der Waals surface area contributed by atoms with Gasteiger partial charge in [-0.3, -0.25) is 14.5 Å². The fourth-order valence-electron chi connectivity index (χ4n) is 2.85. The molecule has 156 valence electrons. The van der Waals surface area contributed by atoms with Gasteiger partial charge in [-0.25, -0.2) is 9.07 Å². The van der Waals surface area contributed by atoms with E-state index in [0.717, 1.165) is 29.2 Å². The van der Waals surface area contributed by atoms with Crippen molar-refractivity contribution >= 4 is 17.6 Å². The minimum absolute atomic E-state index is 0.00988. The number of carboxylic acid groups (broad SMARTS) is 1. The summed E-state index contributed by atoms with van der Waals surface area (Å²) in [5, 5.41) is 13.3. The average Bonchev–Trinajstić information content (AvgIpc) is 3.07. The maximum atomic E-state index is 13.1. The number of hydrogen-bond donors (Lipinski definition) is 1. The van der Waals surface area contributed by atoms with Crippen molar-refractivity contribution in [2.75, 3.05) is 11.4 Å². The van der Waals surface area contributed by atoms with E-state index < -0.39 is 36.0 Å². The molecule has 0 spiro atoms. The second kappa shape index (κ2) is 7.97. The molecule has 1 N–H and O–H groups in total. The number of carbonyl (C=O) groups is 2. The smallest absolute Gasteiger partial charge is 0.416 e. The first-order valence-electron chi connectivity index (χ1n) is 8.59. The van der Waals surface area contributed by atoms with Crippen LogP contribution in [0.1, 0.15) is 21.6 Å². The number of hydrogen-bond acceptors (Lipinski definition) is 3. The highest BCUT2D eigenvalue weighted by molar-refractivity contribution is 6.08. The van der Waals surface area contributed by atoms with Crippen LogP contribution in [0.4, 0.5) is 23.2 Å². The second-order valence-electron chi connectivity index (χ2n) is 6.36. The maximum Gasteiger partial charge on any atom is 0.416 e. The van der Waals surface area contributed by atoms with Crippen molar-refractivity contribution in [2.45, 2.75) is 13.1 Å². The third kappa shape index (κ3) is 4.32. The average molecular weight is 421 g/mol. The predicted molar refractivity (Wildman–Crippen MR) is 99.0 cm³/mol. The molecule has 0 saturated heterocycles. The first kappa shape index (κ1) is 21.0. The molecule has 0 atom stereocenters. The van der Waals surface area contributed by atoms with Crippen LogP contribution in [0.25, 0.3) is 5.69 Å². The number of carboxylic acids is 1. The van der Waals surface area contributed by atoms with Crippen LogP contribution < -0.4 is 4.90 Å². The molecule has 2 aromatic carbocycles. The van der Waals surface area contributed by atoms with Gasteiger partial charge in [0.2, 0.25) is 0 Å². The standard InChI is InChI=1S/C20H15F4N3O3/c1-12-17(10-25-27(12)16-8-4-14(21)5-9-16)19(30)26(11-18(28)29)15-6-2-13(3-7-15)20(22,23)24/h2-10H,11H2,1H3,(H,28,29). The highest BCUT2D eigenvalue weighted by Crippen LogP contribution is 2.31. The minimum Gasteiger partial charge on any atom is -0.480 e. The van der Waals surface area contributed by atoms with Gasteiger partial charge in [0.1, 0.15) is 12.4 Å². The summed E-state index contributed by atoms with van der Waals surface area (Å²) in [4.78, 5) is 25.1. The fourth-order valence-corrected chi connectivity index (χ4v) is 2.85. The molecule has 0 unspecified atom stereocenters. The van der Waals surface area contributed by atoms with Crippen molar-refractivity contribution in [1.29, 1.82) is 0 Å². The topological polar surface area (TPSA) is 75.4 Å². The van der Waals surface area contributed by atoms with Crippen LogP contribution in [-0.2, 0) is 11.0 Å². The lowest BCUT2D eigenvalue weighted by atomic mass is 10.1. The van der Waals surface area contributed by atoms with Gasteiger partial charge in [-0.15, -0.1) is 0 Å². The number of aromatic nitrogens is 2. The maximum absolute atomic E-state index is 13.1. The normalized spacial score (nSPS) is 11.4. The van der Waals surface area contributed by atoms with Crippen LogP contribution in [0.15, 0.2) is 54.7 Å². The molecule has 0 fully saturated rings. The fraction of sp³-hybridized carbons (Fsp3) is 0.150. The molecule has 30 heavy (non-hydrogen) atoms. The summed E-state index contributed by atoms with van der Waals surface area (Å²) in [5.41, 5.74) is -0.0414. The van der Waals surface area contributed by atoms with Gasteiger partial charge in [-0.05, 0) is 55.5 Å². The Bertz CT molecular complexity index is 1070. The van der Waals surface area contributed by atoms with E-state index in [1.165, 1.54) is 35.1 Å². The molecule has 1 heterocycles. The number of amides is 1. The van der Waals surface area contributed by atoms with E-state index in [9.17, 15) is 32.3 Å². The number of aliphatic carboxylic acids is 1. The molecule has 0 aliphatic carbocycles. The second-order valence-corrected chi connectivity index (χ2v) is 6.36. The highest BCUT2D eigenvalue weighted by Gasteiger charge is 2.31. The van der Waals surface area contributed by atoms with Crippen molar-refractivity contribution in [1.82, 2.24) is 9.78 Å². The van der Waals surface area contributed by atoms with Gasteiger partial charge >= 0.3 is 12.1 Å². The lowest BCUT2D eigenvalue weighted by Gasteiger charge is -2.21. The van der Waals surface area contributed by atoms with Crippen molar-refractivity contribution in [3.63, 3.8) is 0 Å². The monoisotopic (exact) mass is 421 g/mol. The molecule has 1 amide bonds. The van der Waals surface area contributed by atoms with E-state index in [4.69, 9.17) is 0 Å². The summed E-state index contributed by atoms with van der Waals surface area (Å²) in [6, 6.07) is 8.95. The summed E-state index contributed by atoms with van der Waals surface area (Å²) in [6.07, 6.45) is -3.34. The SMILES string of the molecule is Cc1c(C(=O)N(CC(=O)O)c2ccc(C(F)(F)F)cc2)cnn1-c1ccc(F)cc1. The van der Waals surface area contributed by atoms with E-state index in [0.29, 0.717) is 11.4 Å². The van der Waals surface area contributed by atoms with Gasteiger partial charge in [-0.1, -0.05) is 0 Å². The van der Waals surface area contributed by atoms with Crippen molar-refractivity contribution < 1.29 is 32.3 Å². The third-order valence-electron chi connectivity index (χ3n) is 4.36. The van der Waals surface area contributed by atoms with Crippen molar-refractivity contribution in [3.05, 3.63) is 77.4 Å². The van der Waals surface area contributed by atoms with Gasteiger partial charge in [-0.2, -0.15) is 18.3 Å². The number of benzene rings is 2. The molecular formula is C20H15F4N3O3. The largest absolute Gasteiger partial charge is 0.480 e. The molecule has 0 radical (unpaired) electrons. The number of alkyl halides is 3. The molecule has 3 rings (SSSR count). The molecule has 10 heteroatoms. The molecule has 6 nitrogen and oxygen atoms in total. The predicted octanol–water partition coefficient (Wildman–Crippen LogP) is 4.07. The zero-order valence-electron chi connectivity index (χ0n) is 15.5. The lowest BCUT2D eigenvalue weighted by molar-refractivity contribution is -0.138. The summed E-state index contributed by atoms with van der Waals surface area (Å²) in [5.74, 6) is -2.54. The molecule has 0 saturated carbocycles. The number of nitrogens with zero attached hydrogens (tertiary/aromatic N) is 3. The Labute approximate surface area is 168 Å². The minimum atomic E-state index is -4.56. The zero-order chi connectivity index (χ0) is 22.1. The Morgan fingerprint density at radius 2 is 1.67 bits per heavy atom. The molecule has 1 aromatic heterocycles. The van der Waals surface area contributed by atoms with Crippen LogP contribution in [0.3, 0.4) is 0 Å². The Morgan fingerprint density at radius 1 is 1.07 bits per heavy atom. The van der Waals surface area contributed by atoms with E-state index in [1.807, 2.05) is 0 Å². The Balaban J connectivity index is 1.96. The number of carbonyl (C=O) groups excluding carboxylic acids is 1. The van der Waals surface area contributed by atoms with E-state index in [-0.39, 0.29) is 11.3 Å². The quantitative estimate of drug-likeness (QED) is 0.631. The number of rotatable bonds is 5. The van der Waals surface area contributed by atoms with E-state index in [2.05, 4.69) is 5.10 Å². The van der Waals surface area contributed by atoms with Gasteiger partial charge in [0.15, 0.2) is 0 Å². The molecule has 0 bridgehead atoms. The Kier molecular flexibility index (Phi) is 5.59. The lowest BCUT2D eigenvalue weighted by Crippen LogP contribution is -2.36. The van der Waals surface area contributed by atoms with Crippen LogP contribution in [-0.4, -0.2) is 33.3 Å². The highest BCUT2D eigenvalue weighted by atomic mass is 19.4. The Morgan fingerprint density at radius 3 is 2.20 bits per heavy atom. The van der Waals surface area contributed by atoms with Gasteiger partial charge < -0.3 is 5.11 Å². The molecule has 3 aromatic rings. The molecule has 0 aliphatic heterocycles. The van der Waals surface area contributed by atoms with E-state index in [1.54, 1.807) is 6.92 Å². The summed E-state index contributed by atoms with van der Waals surface area (Å²) >= 11 is 0. The zero-order valence-corrected chi connectivity index (χ0v) is 15.5. The van der Waals surface area contributed by atoms with Gasteiger partial charge in [0.25, 0.3) is 5.91 Å².